The zero-order valence-corrected chi connectivity index (χ0v) is 7.97. The van der Waals surface area contributed by atoms with Gasteiger partial charge in [-0.1, -0.05) is 23.5 Å². The highest BCUT2D eigenvalue weighted by Crippen LogP contribution is 2.21. The first kappa shape index (κ1) is 8.43. The maximum absolute atomic E-state index is 4.32. The largest absolute Gasteiger partial charge is 0.300 e. The molecule has 10 heavy (non-hydrogen) atoms. The monoisotopic (exact) mass is 176 g/mol. The highest BCUT2D eigenvalue weighted by molar-refractivity contribution is 8.39. The van der Waals surface area contributed by atoms with E-state index in [4.69, 9.17) is 0 Å². The van der Waals surface area contributed by atoms with E-state index in [1.807, 2.05) is 23.5 Å². The van der Waals surface area contributed by atoms with Gasteiger partial charge in [-0.3, -0.25) is 9.89 Å². The van der Waals surface area contributed by atoms with Crippen LogP contribution in [0.1, 0.15) is 0 Å². The molecule has 0 saturated heterocycles. The summed E-state index contributed by atoms with van der Waals surface area (Å²) in [6, 6.07) is 0. The van der Waals surface area contributed by atoms with E-state index in [2.05, 4.69) is 24.0 Å². The summed E-state index contributed by atoms with van der Waals surface area (Å²) in [6.07, 6.45) is 0. The number of nitrogens with zero attached hydrogens (tertiary/aromatic N) is 2. The molecule has 0 spiro atoms. The van der Waals surface area contributed by atoms with Gasteiger partial charge in [0.2, 0.25) is 0 Å². The van der Waals surface area contributed by atoms with Crippen LogP contribution < -0.4 is 0 Å². The van der Waals surface area contributed by atoms with Crippen LogP contribution in [0.25, 0.3) is 0 Å². The lowest BCUT2D eigenvalue weighted by Crippen LogP contribution is -2.10. The van der Waals surface area contributed by atoms with Gasteiger partial charge in [0.1, 0.15) is 4.38 Å². The number of thioether (sulfide) groups is 2. The molecule has 0 atom stereocenters. The minimum atomic E-state index is 1.01. The zero-order chi connectivity index (χ0) is 7.40. The summed E-state index contributed by atoms with van der Waals surface area (Å²) >= 11 is 3.70. The van der Waals surface area contributed by atoms with Crippen LogP contribution in [0.15, 0.2) is 4.99 Å². The first-order valence-electron chi connectivity index (χ1n) is 3.24. The number of rotatable bonds is 2. The molecule has 0 aromatic rings. The molecular formula is C6H12N2S2. The summed E-state index contributed by atoms with van der Waals surface area (Å²) in [5.74, 6) is 2.22. The maximum atomic E-state index is 4.32. The Morgan fingerprint density at radius 3 is 3.00 bits per heavy atom. The predicted molar refractivity (Wildman–Crippen MR) is 50.9 cm³/mol. The normalized spacial score (nSPS) is 18.1. The molecule has 0 aliphatic carbocycles. The minimum absolute atomic E-state index is 1.01. The molecule has 1 aliphatic rings. The molecule has 0 N–H and O–H groups in total. The standard InChI is InChI=1S/C6H12N2S2/c1-8(2)5-10-6-7-3-4-9-6/h3-5H2,1-2H3. The second-order valence-electron chi connectivity index (χ2n) is 2.35. The minimum Gasteiger partial charge on any atom is -0.300 e. The molecule has 0 aromatic heterocycles. The lowest BCUT2D eigenvalue weighted by atomic mass is 10.8. The van der Waals surface area contributed by atoms with Gasteiger partial charge >= 0.3 is 0 Å². The van der Waals surface area contributed by atoms with E-state index in [-0.39, 0.29) is 0 Å². The van der Waals surface area contributed by atoms with Gasteiger partial charge < -0.3 is 0 Å². The Bertz CT molecular complexity index is 134. The fourth-order valence-corrected chi connectivity index (χ4v) is 2.42. The molecule has 0 saturated carbocycles. The van der Waals surface area contributed by atoms with Crippen molar-refractivity contribution in [2.45, 2.75) is 0 Å². The second kappa shape index (κ2) is 4.26. The summed E-state index contributed by atoms with van der Waals surface area (Å²) in [5, 5.41) is 0. The van der Waals surface area contributed by atoms with Gasteiger partial charge in [0.05, 0.1) is 12.4 Å². The van der Waals surface area contributed by atoms with Crippen LogP contribution in [-0.2, 0) is 0 Å². The summed E-state index contributed by atoms with van der Waals surface area (Å²) in [6.45, 7) is 1.01. The molecule has 1 rings (SSSR count). The molecule has 0 radical (unpaired) electrons. The Morgan fingerprint density at radius 1 is 1.70 bits per heavy atom. The van der Waals surface area contributed by atoms with Gasteiger partial charge in [0.25, 0.3) is 0 Å². The fraction of sp³-hybridized carbons (Fsp3) is 0.833. The van der Waals surface area contributed by atoms with Gasteiger partial charge in [0, 0.05) is 5.75 Å². The van der Waals surface area contributed by atoms with E-state index in [9.17, 15) is 0 Å². The van der Waals surface area contributed by atoms with Crippen molar-refractivity contribution in [2.24, 2.45) is 4.99 Å². The van der Waals surface area contributed by atoms with Crippen molar-refractivity contribution >= 4 is 27.9 Å². The van der Waals surface area contributed by atoms with Crippen molar-refractivity contribution in [3.05, 3.63) is 0 Å². The van der Waals surface area contributed by atoms with E-state index >= 15 is 0 Å². The molecule has 58 valence electrons. The lowest BCUT2D eigenvalue weighted by Gasteiger charge is -2.06. The third-order valence-corrected chi connectivity index (χ3v) is 3.50. The van der Waals surface area contributed by atoms with Gasteiger partial charge in [-0.15, -0.1) is 0 Å². The number of hydrogen-bond donors (Lipinski definition) is 0. The lowest BCUT2D eigenvalue weighted by molar-refractivity contribution is 0.486. The van der Waals surface area contributed by atoms with E-state index < -0.39 is 0 Å². The SMILES string of the molecule is CN(C)CSC1=NCCS1. The Kier molecular flexibility index (Phi) is 3.59. The van der Waals surface area contributed by atoms with Crippen LogP contribution in [0.2, 0.25) is 0 Å². The molecule has 0 unspecified atom stereocenters. The number of hydrogen-bond acceptors (Lipinski definition) is 4. The van der Waals surface area contributed by atoms with Gasteiger partial charge in [-0.05, 0) is 14.1 Å². The molecule has 4 heteroatoms. The van der Waals surface area contributed by atoms with Crippen molar-refractivity contribution in [1.82, 2.24) is 4.90 Å². The topological polar surface area (TPSA) is 15.6 Å². The van der Waals surface area contributed by atoms with Crippen LogP contribution in [0.5, 0.6) is 0 Å². The van der Waals surface area contributed by atoms with Crippen LogP contribution >= 0.6 is 23.5 Å². The summed E-state index contributed by atoms with van der Waals surface area (Å²) in [5.41, 5.74) is 0. The summed E-state index contributed by atoms with van der Waals surface area (Å²) in [4.78, 5) is 6.48. The van der Waals surface area contributed by atoms with E-state index in [0.717, 1.165) is 12.4 Å². The van der Waals surface area contributed by atoms with Gasteiger partial charge in [-0.25, -0.2) is 0 Å². The molecule has 0 fully saturated rings. The van der Waals surface area contributed by atoms with E-state index in [1.165, 1.54) is 10.1 Å². The van der Waals surface area contributed by atoms with Crippen LogP contribution in [0, 0.1) is 0 Å². The van der Waals surface area contributed by atoms with Crippen molar-refractivity contribution < 1.29 is 0 Å². The Labute approximate surface area is 70.5 Å². The first-order chi connectivity index (χ1) is 4.79. The first-order valence-corrected chi connectivity index (χ1v) is 5.21. The zero-order valence-electron chi connectivity index (χ0n) is 6.33. The highest BCUT2D eigenvalue weighted by atomic mass is 32.2. The summed E-state index contributed by atoms with van der Waals surface area (Å²) < 4.78 is 1.26. The van der Waals surface area contributed by atoms with E-state index in [1.54, 1.807) is 0 Å². The van der Waals surface area contributed by atoms with Crippen molar-refractivity contribution in [1.29, 1.82) is 0 Å². The predicted octanol–water partition coefficient (Wildman–Crippen LogP) is 1.34. The van der Waals surface area contributed by atoms with Crippen molar-refractivity contribution in [3.8, 4) is 0 Å². The van der Waals surface area contributed by atoms with Gasteiger partial charge in [0.15, 0.2) is 0 Å². The fourth-order valence-electron chi connectivity index (χ4n) is 0.587. The molecule has 0 aromatic carbocycles. The van der Waals surface area contributed by atoms with Crippen molar-refractivity contribution in [3.63, 3.8) is 0 Å². The molecule has 1 heterocycles. The maximum Gasteiger partial charge on any atom is 0.125 e. The third kappa shape index (κ3) is 2.94. The molecule has 2 nitrogen and oxygen atoms in total. The highest BCUT2D eigenvalue weighted by Gasteiger charge is 2.06. The Hall–Kier alpha value is 0.330. The quantitative estimate of drug-likeness (QED) is 0.591. The molecule has 1 aliphatic heterocycles. The summed E-state index contributed by atoms with van der Waals surface area (Å²) in [7, 11) is 4.15. The van der Waals surface area contributed by atoms with Crippen LogP contribution in [-0.4, -0.2) is 41.5 Å². The number of aliphatic imine (C=N–C) groups is 1. The Morgan fingerprint density at radius 2 is 2.50 bits per heavy atom. The average Bonchev–Trinajstić information content (AvgIpc) is 2.34. The smallest absolute Gasteiger partial charge is 0.125 e. The molecular weight excluding hydrogens is 164 g/mol. The Balaban J connectivity index is 2.13. The average molecular weight is 176 g/mol. The van der Waals surface area contributed by atoms with Crippen LogP contribution in [0.4, 0.5) is 0 Å². The second-order valence-corrected chi connectivity index (χ2v) is 4.62. The molecule has 0 bridgehead atoms. The van der Waals surface area contributed by atoms with E-state index in [0.29, 0.717) is 0 Å². The van der Waals surface area contributed by atoms with Gasteiger partial charge in [-0.2, -0.15) is 0 Å². The van der Waals surface area contributed by atoms with Crippen molar-refractivity contribution in [2.75, 3.05) is 32.3 Å². The molecule has 0 amide bonds. The third-order valence-electron chi connectivity index (χ3n) is 1.00. The van der Waals surface area contributed by atoms with Crippen LogP contribution in [0.3, 0.4) is 0 Å².